The van der Waals surface area contributed by atoms with E-state index in [1.54, 1.807) is 18.4 Å². The molecule has 0 spiro atoms. The predicted octanol–water partition coefficient (Wildman–Crippen LogP) is 1.72. The lowest BCUT2D eigenvalue weighted by atomic mass is 9.98. The van der Waals surface area contributed by atoms with Crippen molar-refractivity contribution in [2.24, 2.45) is 10.9 Å². The highest BCUT2D eigenvalue weighted by Crippen LogP contribution is 2.30. The molecule has 12 heteroatoms. The molecule has 154 valence electrons. The highest BCUT2D eigenvalue weighted by molar-refractivity contribution is 7.90. The Morgan fingerprint density at radius 2 is 2.04 bits per heavy atom. The number of guanidine groups is 1. The van der Waals surface area contributed by atoms with Crippen molar-refractivity contribution >= 4 is 27.3 Å². The fourth-order valence-electron chi connectivity index (χ4n) is 2.77. The summed E-state index contributed by atoms with van der Waals surface area (Å²) in [5, 5.41) is 7.35. The quantitative estimate of drug-likeness (QED) is 0.533. The zero-order valence-corrected chi connectivity index (χ0v) is 16.8. The number of alkyl halides is 3. The summed E-state index contributed by atoms with van der Waals surface area (Å²) < 4.78 is 61.1. The lowest BCUT2D eigenvalue weighted by Gasteiger charge is -2.31. The van der Waals surface area contributed by atoms with Crippen molar-refractivity contribution in [2.45, 2.75) is 31.7 Å². The lowest BCUT2D eigenvalue weighted by molar-refractivity contribution is -0.0496. The zero-order valence-electron chi connectivity index (χ0n) is 15.2. The number of piperidine rings is 1. The van der Waals surface area contributed by atoms with Gasteiger partial charge in [0.15, 0.2) is 5.96 Å². The van der Waals surface area contributed by atoms with Crippen molar-refractivity contribution in [1.82, 2.24) is 19.9 Å². The van der Waals surface area contributed by atoms with Gasteiger partial charge in [0, 0.05) is 50.7 Å². The molecule has 2 rings (SSSR count). The number of aryl methyl sites for hydroxylation is 1. The molecule has 2 N–H and O–H groups in total. The average molecular weight is 428 g/mol. The highest BCUT2D eigenvalue weighted by atomic mass is 32.2. The van der Waals surface area contributed by atoms with E-state index in [4.69, 9.17) is 0 Å². The van der Waals surface area contributed by atoms with E-state index in [1.807, 2.05) is 13.1 Å². The van der Waals surface area contributed by atoms with Crippen LogP contribution in [-0.4, -0.2) is 62.4 Å². The van der Waals surface area contributed by atoms with Crippen molar-refractivity contribution in [2.75, 3.05) is 33.2 Å². The smallest absolute Gasteiger partial charge is 0.356 e. The van der Waals surface area contributed by atoms with Gasteiger partial charge in [0.1, 0.15) is 0 Å². The first kappa shape index (κ1) is 21.9. The molecule has 1 fully saturated rings. The Kier molecular flexibility index (Phi) is 7.46. The summed E-state index contributed by atoms with van der Waals surface area (Å²) in [5.41, 5.74) is -5.24. The summed E-state index contributed by atoms with van der Waals surface area (Å²) in [7, 11) is -3.58. The number of sulfonamides is 1. The molecule has 1 saturated heterocycles. The number of hydrogen-bond acceptors (Lipinski definition) is 5. The summed E-state index contributed by atoms with van der Waals surface area (Å²) in [5.74, 6) is 0.693. The van der Waals surface area contributed by atoms with Crippen LogP contribution in [0.4, 0.5) is 13.2 Å². The van der Waals surface area contributed by atoms with Crippen LogP contribution < -0.4 is 10.6 Å². The number of nitrogens with zero attached hydrogens (tertiary/aromatic N) is 3. The molecule has 1 aromatic rings. The van der Waals surface area contributed by atoms with Crippen molar-refractivity contribution in [3.63, 3.8) is 0 Å². The summed E-state index contributed by atoms with van der Waals surface area (Å²) in [4.78, 5) is 9.56. The maximum Gasteiger partial charge on any atom is 0.511 e. The first-order chi connectivity index (χ1) is 12.6. The fraction of sp³-hybridized carbons (Fsp3) is 0.733. The van der Waals surface area contributed by atoms with Crippen LogP contribution in [0.1, 0.15) is 22.7 Å². The van der Waals surface area contributed by atoms with Crippen LogP contribution in [0.15, 0.2) is 11.2 Å². The Morgan fingerprint density at radius 1 is 1.37 bits per heavy atom. The van der Waals surface area contributed by atoms with Gasteiger partial charge < -0.3 is 10.6 Å². The van der Waals surface area contributed by atoms with Gasteiger partial charge in [0.25, 0.3) is 0 Å². The van der Waals surface area contributed by atoms with E-state index >= 15 is 0 Å². The summed E-state index contributed by atoms with van der Waals surface area (Å²) in [6, 6.07) is 0. The third-order valence-electron chi connectivity index (χ3n) is 4.29. The minimum Gasteiger partial charge on any atom is -0.356 e. The largest absolute Gasteiger partial charge is 0.511 e. The van der Waals surface area contributed by atoms with E-state index in [1.165, 1.54) is 0 Å². The minimum atomic E-state index is -5.24. The van der Waals surface area contributed by atoms with Crippen LogP contribution in [0.25, 0.3) is 0 Å². The Morgan fingerprint density at radius 3 is 2.56 bits per heavy atom. The van der Waals surface area contributed by atoms with E-state index in [9.17, 15) is 21.6 Å². The lowest BCUT2D eigenvalue weighted by Crippen LogP contribution is -2.47. The van der Waals surface area contributed by atoms with Crippen LogP contribution >= 0.6 is 11.3 Å². The standard InChI is InChI=1S/C15H24F3N5O2S2/c1-11-9-21-13(26-11)3-6-20-14(19-2)22-10-12-4-7-23(8-5-12)27(24,25)15(16,17)18/h9,12H,3-8,10H2,1-2H3,(H2,19,20,22). The molecule has 1 aromatic heterocycles. The van der Waals surface area contributed by atoms with Gasteiger partial charge >= 0.3 is 15.5 Å². The Labute approximate surface area is 161 Å². The van der Waals surface area contributed by atoms with Crippen molar-refractivity contribution in [1.29, 1.82) is 0 Å². The molecular weight excluding hydrogens is 403 g/mol. The second-order valence-electron chi connectivity index (χ2n) is 6.29. The van der Waals surface area contributed by atoms with Gasteiger partial charge in [-0.2, -0.15) is 17.5 Å². The number of rotatable bonds is 6. The van der Waals surface area contributed by atoms with Crippen molar-refractivity contribution in [3.05, 3.63) is 16.1 Å². The van der Waals surface area contributed by atoms with Crippen LogP contribution in [0.3, 0.4) is 0 Å². The van der Waals surface area contributed by atoms with E-state index in [0.29, 0.717) is 36.2 Å². The summed E-state index contributed by atoms with van der Waals surface area (Å²) >= 11 is 1.64. The molecule has 1 aliphatic rings. The van der Waals surface area contributed by atoms with Gasteiger partial charge in [-0.3, -0.25) is 4.99 Å². The van der Waals surface area contributed by atoms with E-state index in [-0.39, 0.29) is 19.0 Å². The molecule has 0 aliphatic carbocycles. The molecule has 0 unspecified atom stereocenters. The number of thiazole rings is 1. The first-order valence-electron chi connectivity index (χ1n) is 8.55. The van der Waals surface area contributed by atoms with Crippen LogP contribution in [0, 0.1) is 12.8 Å². The third kappa shape index (κ3) is 6.04. The Balaban J connectivity index is 1.72. The molecular formula is C15H24F3N5O2S2. The highest BCUT2D eigenvalue weighted by Gasteiger charge is 2.50. The fourth-order valence-corrected chi connectivity index (χ4v) is 4.54. The normalized spacial score (nSPS) is 17.9. The van der Waals surface area contributed by atoms with E-state index < -0.39 is 15.5 Å². The predicted molar refractivity (Wildman–Crippen MR) is 99.2 cm³/mol. The maximum atomic E-state index is 12.6. The van der Waals surface area contributed by atoms with Gasteiger partial charge in [0.2, 0.25) is 0 Å². The van der Waals surface area contributed by atoms with E-state index in [2.05, 4.69) is 20.6 Å². The average Bonchev–Trinajstić information content (AvgIpc) is 3.02. The molecule has 0 saturated carbocycles. The molecule has 27 heavy (non-hydrogen) atoms. The molecule has 7 nitrogen and oxygen atoms in total. The SMILES string of the molecule is CN=C(NCCc1ncc(C)s1)NCC1CCN(S(=O)(=O)C(F)(F)F)CC1. The number of nitrogens with one attached hydrogen (secondary N) is 2. The maximum absolute atomic E-state index is 12.6. The molecule has 1 aliphatic heterocycles. The second-order valence-corrected chi connectivity index (χ2v) is 9.54. The third-order valence-corrected chi connectivity index (χ3v) is 6.89. The number of halogens is 3. The van der Waals surface area contributed by atoms with Gasteiger partial charge in [-0.25, -0.2) is 13.4 Å². The topological polar surface area (TPSA) is 86.7 Å². The zero-order chi connectivity index (χ0) is 20.1. The van der Waals surface area contributed by atoms with Crippen LogP contribution in [0.5, 0.6) is 0 Å². The van der Waals surface area contributed by atoms with E-state index in [0.717, 1.165) is 16.3 Å². The Bertz CT molecular complexity index is 741. The molecule has 0 amide bonds. The van der Waals surface area contributed by atoms with Crippen molar-refractivity contribution in [3.8, 4) is 0 Å². The minimum absolute atomic E-state index is 0.0878. The molecule has 0 radical (unpaired) electrons. The van der Waals surface area contributed by atoms with Gasteiger partial charge in [-0.15, -0.1) is 11.3 Å². The van der Waals surface area contributed by atoms with Gasteiger partial charge in [-0.05, 0) is 25.7 Å². The number of aliphatic imine (C=N–C) groups is 1. The Hall–Kier alpha value is -1.40. The monoisotopic (exact) mass is 427 g/mol. The molecule has 0 bridgehead atoms. The molecule has 2 heterocycles. The van der Waals surface area contributed by atoms with Crippen molar-refractivity contribution < 1.29 is 21.6 Å². The number of hydrogen-bond donors (Lipinski definition) is 2. The van der Waals surface area contributed by atoms with Crippen LogP contribution in [-0.2, 0) is 16.4 Å². The van der Waals surface area contributed by atoms with Crippen LogP contribution in [0.2, 0.25) is 0 Å². The molecule has 0 atom stereocenters. The van der Waals surface area contributed by atoms with Gasteiger partial charge in [0.05, 0.1) is 5.01 Å². The van der Waals surface area contributed by atoms with Gasteiger partial charge in [-0.1, -0.05) is 0 Å². The number of aromatic nitrogens is 1. The second kappa shape index (κ2) is 9.20. The summed E-state index contributed by atoms with van der Waals surface area (Å²) in [6.07, 6.45) is 3.35. The molecule has 0 aromatic carbocycles. The summed E-state index contributed by atoms with van der Waals surface area (Å²) in [6.45, 7) is 2.94. The first-order valence-corrected chi connectivity index (χ1v) is 10.8.